The second kappa shape index (κ2) is 75.6. The minimum absolute atomic E-state index is 0.0264. The molecule has 0 saturated carbocycles. The molecule has 0 aromatic rings. The quantitative estimate of drug-likeness (QED) is 0.0169. The van der Waals surface area contributed by atoms with Gasteiger partial charge in [0.15, 0.2) is 12.2 Å². The maximum atomic E-state index is 13.1. The number of ether oxygens (including phenoxy) is 4. The van der Waals surface area contributed by atoms with Crippen LogP contribution in [0.1, 0.15) is 285 Å². The van der Waals surface area contributed by atoms with Gasteiger partial charge in [-0.25, -0.2) is 9.13 Å². The molecular formula is C85H138O17P2. The minimum atomic E-state index is -5.01. The van der Waals surface area contributed by atoms with Crippen molar-refractivity contribution in [2.45, 2.75) is 303 Å². The number of aliphatic hydroxyl groups excluding tert-OH is 1. The second-order valence-electron chi connectivity index (χ2n) is 25.5. The average molecular weight is 1490 g/mol. The van der Waals surface area contributed by atoms with E-state index in [0.29, 0.717) is 32.1 Å². The monoisotopic (exact) mass is 1490 g/mol. The van der Waals surface area contributed by atoms with E-state index >= 15 is 0 Å². The summed E-state index contributed by atoms with van der Waals surface area (Å²) in [5.74, 6) is -2.37. The van der Waals surface area contributed by atoms with Gasteiger partial charge in [-0.05, 0) is 167 Å². The van der Waals surface area contributed by atoms with Crippen molar-refractivity contribution < 1.29 is 80.2 Å². The van der Waals surface area contributed by atoms with Crippen molar-refractivity contribution in [2.24, 2.45) is 0 Å². The van der Waals surface area contributed by atoms with Gasteiger partial charge in [0.05, 0.1) is 26.4 Å². The number of hydrogen-bond acceptors (Lipinski definition) is 15. The molecule has 590 valence electrons. The van der Waals surface area contributed by atoms with Gasteiger partial charge in [-0.15, -0.1) is 0 Å². The number of hydrogen-bond donors (Lipinski definition) is 3. The van der Waals surface area contributed by atoms with Crippen LogP contribution in [0.3, 0.4) is 0 Å². The van der Waals surface area contributed by atoms with Gasteiger partial charge in [-0.3, -0.25) is 37.3 Å². The van der Waals surface area contributed by atoms with E-state index in [-0.39, 0.29) is 25.7 Å². The van der Waals surface area contributed by atoms with Crippen LogP contribution in [0, 0.1) is 0 Å². The smallest absolute Gasteiger partial charge is 0.462 e. The number of aliphatic hydroxyl groups is 1. The molecule has 0 aliphatic rings. The van der Waals surface area contributed by atoms with Crippen molar-refractivity contribution in [2.75, 3.05) is 39.6 Å². The van der Waals surface area contributed by atoms with Crippen molar-refractivity contribution in [3.8, 4) is 0 Å². The molecule has 0 heterocycles. The van der Waals surface area contributed by atoms with Crippen molar-refractivity contribution in [1.29, 1.82) is 0 Å². The maximum Gasteiger partial charge on any atom is 0.472 e. The van der Waals surface area contributed by atoms with Gasteiger partial charge < -0.3 is 33.8 Å². The highest BCUT2D eigenvalue weighted by Crippen LogP contribution is 2.45. The summed E-state index contributed by atoms with van der Waals surface area (Å²) in [5.41, 5.74) is 0. The second-order valence-corrected chi connectivity index (χ2v) is 28.4. The first-order valence-corrected chi connectivity index (χ1v) is 42.4. The molecule has 104 heavy (non-hydrogen) atoms. The Morgan fingerprint density at radius 2 is 0.519 bits per heavy atom. The minimum Gasteiger partial charge on any atom is -0.462 e. The first-order chi connectivity index (χ1) is 50.7. The molecule has 0 aromatic heterocycles. The molecule has 0 aliphatic carbocycles. The summed E-state index contributed by atoms with van der Waals surface area (Å²) in [5, 5.41) is 10.6. The highest BCUT2D eigenvalue weighted by Gasteiger charge is 2.30. The number of carbonyl (C=O) groups excluding carboxylic acids is 4. The van der Waals surface area contributed by atoms with Gasteiger partial charge >= 0.3 is 39.5 Å². The molecule has 0 fully saturated rings. The summed E-state index contributed by atoms with van der Waals surface area (Å²) in [7, 11) is -10.0. The predicted octanol–water partition coefficient (Wildman–Crippen LogP) is 23.0. The molecule has 0 bridgehead atoms. The van der Waals surface area contributed by atoms with E-state index in [2.05, 4.69) is 180 Å². The molecule has 0 aliphatic heterocycles. The first-order valence-electron chi connectivity index (χ1n) is 39.4. The number of unbranched alkanes of at least 4 members (excludes halogenated alkanes) is 18. The number of phosphoric acid groups is 2. The highest BCUT2D eigenvalue weighted by atomic mass is 31.2. The van der Waals surface area contributed by atoms with Crippen LogP contribution in [0.15, 0.2) is 170 Å². The van der Waals surface area contributed by atoms with E-state index in [0.717, 1.165) is 161 Å². The number of carbonyl (C=O) groups is 4. The normalized spacial score (nSPS) is 14.8. The van der Waals surface area contributed by atoms with E-state index in [1.807, 2.05) is 18.2 Å². The Labute approximate surface area is 629 Å². The Balaban J connectivity index is 5.50. The van der Waals surface area contributed by atoms with Crippen molar-refractivity contribution in [3.63, 3.8) is 0 Å². The van der Waals surface area contributed by atoms with Crippen LogP contribution in [0.5, 0.6) is 0 Å². The van der Waals surface area contributed by atoms with Gasteiger partial charge in [-0.1, -0.05) is 262 Å². The van der Waals surface area contributed by atoms with Gasteiger partial charge in [0, 0.05) is 25.7 Å². The van der Waals surface area contributed by atoms with Crippen LogP contribution in [-0.4, -0.2) is 96.7 Å². The molecule has 0 amide bonds. The lowest BCUT2D eigenvalue weighted by Gasteiger charge is -2.21. The summed E-state index contributed by atoms with van der Waals surface area (Å²) in [6.07, 6.45) is 89.2. The molecule has 0 radical (unpaired) electrons. The lowest BCUT2D eigenvalue weighted by Crippen LogP contribution is -2.30. The number of phosphoric ester groups is 2. The van der Waals surface area contributed by atoms with Crippen molar-refractivity contribution >= 4 is 39.5 Å². The third-order valence-corrected chi connectivity index (χ3v) is 17.6. The van der Waals surface area contributed by atoms with Gasteiger partial charge in [0.25, 0.3) is 0 Å². The van der Waals surface area contributed by atoms with Gasteiger partial charge in [0.1, 0.15) is 19.3 Å². The summed E-state index contributed by atoms with van der Waals surface area (Å²) in [4.78, 5) is 72.9. The van der Waals surface area contributed by atoms with Crippen LogP contribution in [0.4, 0.5) is 0 Å². The topological polar surface area (TPSA) is 237 Å². The van der Waals surface area contributed by atoms with E-state index in [1.165, 1.54) is 38.5 Å². The SMILES string of the molecule is CC/C=C\C/C=C\C/C=C\C/C=C\C/C=C\C/C=C\CCC(=O)OCC(COP(=O)(O)OCC(O)COP(=O)(O)OCC(COC(=O)CCCC/C=C\C/C=C\C/C=C\C/C=C\CC)OC(=O)CCCCCCC/C=C\C/C=C\CCCCC)OC(=O)CCCCCCC/C=C\C/C=C\CCCCC. The van der Waals surface area contributed by atoms with Gasteiger partial charge in [0.2, 0.25) is 0 Å². The van der Waals surface area contributed by atoms with Gasteiger partial charge in [-0.2, -0.15) is 0 Å². The Morgan fingerprint density at radius 3 is 0.846 bits per heavy atom. The molecule has 5 atom stereocenters. The first kappa shape index (κ1) is 98.4. The Hall–Kier alpha value is -5.58. The zero-order chi connectivity index (χ0) is 76.0. The van der Waals surface area contributed by atoms with Crippen LogP contribution >= 0.6 is 15.6 Å². The molecule has 0 saturated heterocycles. The van der Waals surface area contributed by atoms with Crippen LogP contribution in [-0.2, 0) is 65.4 Å². The fraction of sp³-hybridized carbons (Fsp3) is 0.624. The molecule has 0 aromatic carbocycles. The predicted molar refractivity (Wildman–Crippen MR) is 426 cm³/mol. The van der Waals surface area contributed by atoms with E-state index in [1.54, 1.807) is 0 Å². The molecular weight excluding hydrogens is 1350 g/mol. The molecule has 19 heteroatoms. The van der Waals surface area contributed by atoms with Crippen LogP contribution in [0.25, 0.3) is 0 Å². The third kappa shape index (κ3) is 74.7. The van der Waals surface area contributed by atoms with Crippen molar-refractivity contribution in [3.05, 3.63) is 170 Å². The lowest BCUT2D eigenvalue weighted by atomic mass is 10.1. The van der Waals surface area contributed by atoms with E-state index in [4.69, 9.17) is 37.0 Å². The Bertz CT molecular complexity index is 2640. The van der Waals surface area contributed by atoms with Crippen LogP contribution < -0.4 is 0 Å². The number of esters is 4. The zero-order valence-electron chi connectivity index (χ0n) is 64.4. The maximum absolute atomic E-state index is 13.1. The third-order valence-electron chi connectivity index (χ3n) is 15.7. The van der Waals surface area contributed by atoms with Crippen molar-refractivity contribution in [1.82, 2.24) is 0 Å². The summed E-state index contributed by atoms with van der Waals surface area (Å²) >= 11 is 0. The molecule has 17 nitrogen and oxygen atoms in total. The van der Waals surface area contributed by atoms with E-state index < -0.39 is 97.5 Å². The van der Waals surface area contributed by atoms with Crippen LogP contribution in [0.2, 0.25) is 0 Å². The molecule has 0 spiro atoms. The average Bonchev–Trinajstić information content (AvgIpc) is 0.918. The van der Waals surface area contributed by atoms with E-state index in [9.17, 15) is 43.2 Å². The standard InChI is InChI=1S/C85H138O17P2/c1-5-9-13-17-21-25-29-33-37-38-39-40-44-46-50-54-58-62-66-70-83(88)96-76-81(102-85(90)72-68-64-60-56-52-48-43-36-32-28-24-20-16-12-8-4)78-100-104(93,94)98-74-79(86)73-97-103(91,92)99-77-80(101-84(89)71-67-63-59-55-51-47-42-35-31-27-23-19-15-11-7-3)75-95-82(87)69-65-61-57-53-49-45-41-34-30-26-22-18-14-10-6-2/h9-10,13-14,21-28,33-37,39-43,46,49-50,53,58,62,79-81,86H,5-8,11-12,15-20,29-32,38,44-45,47-48,51-52,54-57,59-61,63-78H2,1-4H3,(H,91,92)(H,93,94)/b13-9-,14-10-,25-21-,26-22-,27-23-,28-24-,37-33-,40-39-,41-34-,42-35-,43-36-,50-46-,53-49-,62-58-. The molecule has 0 rings (SSSR count). The zero-order valence-corrected chi connectivity index (χ0v) is 66.2. The fourth-order valence-electron chi connectivity index (χ4n) is 9.71. The summed E-state index contributed by atoms with van der Waals surface area (Å²) in [6.45, 7) is 4.41. The highest BCUT2D eigenvalue weighted by molar-refractivity contribution is 7.47. The fourth-order valence-corrected chi connectivity index (χ4v) is 11.3. The number of rotatable bonds is 72. The largest absolute Gasteiger partial charge is 0.472 e. The molecule has 3 N–H and O–H groups in total. The Kier molecular flexibility index (Phi) is 71.6. The summed E-state index contributed by atoms with van der Waals surface area (Å²) < 4.78 is 68.4. The molecule has 5 unspecified atom stereocenters. The number of allylic oxidation sites excluding steroid dienone is 28. The summed E-state index contributed by atoms with van der Waals surface area (Å²) in [6, 6.07) is 0. The lowest BCUT2D eigenvalue weighted by molar-refractivity contribution is -0.161. The Morgan fingerprint density at radius 1 is 0.279 bits per heavy atom.